The molecule has 0 aliphatic carbocycles. The van der Waals surface area contributed by atoms with E-state index in [1.165, 1.54) is 30.8 Å². The van der Waals surface area contributed by atoms with Gasteiger partial charge in [0.1, 0.15) is 0 Å². The third-order valence-electron chi connectivity index (χ3n) is 5.77. The van der Waals surface area contributed by atoms with E-state index in [4.69, 9.17) is 11.6 Å². The van der Waals surface area contributed by atoms with Gasteiger partial charge < -0.3 is 9.13 Å². The first-order chi connectivity index (χ1) is 15.8. The van der Waals surface area contributed by atoms with Crippen LogP contribution in [-0.2, 0) is 26.8 Å². The SMILES string of the molecule is Cc1cc(C(=O)Cn2c(Cl)nc3c2c(=O)n(C)c(=O)n3C)c(C)n1-c1cccc(C(F)(F)F)c1. The van der Waals surface area contributed by atoms with E-state index in [9.17, 15) is 27.6 Å². The minimum atomic E-state index is -4.50. The van der Waals surface area contributed by atoms with Crippen LogP contribution in [0.2, 0.25) is 5.28 Å². The van der Waals surface area contributed by atoms with Crippen LogP contribution in [0.3, 0.4) is 0 Å². The summed E-state index contributed by atoms with van der Waals surface area (Å²) in [5.74, 6) is -0.427. The Kier molecular flexibility index (Phi) is 5.55. The van der Waals surface area contributed by atoms with Gasteiger partial charge in [-0.25, -0.2) is 4.79 Å². The molecular formula is C22H19ClF3N5O3. The van der Waals surface area contributed by atoms with Gasteiger partial charge in [0.2, 0.25) is 5.28 Å². The van der Waals surface area contributed by atoms with Gasteiger partial charge in [0.05, 0.1) is 12.1 Å². The lowest BCUT2D eigenvalue weighted by Gasteiger charge is -2.13. The zero-order valence-electron chi connectivity index (χ0n) is 18.6. The molecule has 0 aliphatic heterocycles. The van der Waals surface area contributed by atoms with E-state index < -0.39 is 28.8 Å². The molecule has 4 aromatic rings. The maximum Gasteiger partial charge on any atom is 0.416 e. The highest BCUT2D eigenvalue weighted by Crippen LogP contribution is 2.31. The third-order valence-corrected chi connectivity index (χ3v) is 6.05. The van der Waals surface area contributed by atoms with Gasteiger partial charge in [-0.2, -0.15) is 18.2 Å². The van der Waals surface area contributed by atoms with Crippen molar-refractivity contribution in [1.82, 2.24) is 23.3 Å². The fourth-order valence-electron chi connectivity index (χ4n) is 4.06. The molecule has 12 heteroatoms. The average Bonchev–Trinajstić information content (AvgIpc) is 3.26. The lowest BCUT2D eigenvalue weighted by molar-refractivity contribution is -0.137. The van der Waals surface area contributed by atoms with Crippen LogP contribution in [0.25, 0.3) is 16.9 Å². The number of carbonyl (C=O) groups is 1. The zero-order chi connectivity index (χ0) is 25.1. The fourth-order valence-corrected chi connectivity index (χ4v) is 4.28. The van der Waals surface area contributed by atoms with Gasteiger partial charge >= 0.3 is 11.9 Å². The van der Waals surface area contributed by atoms with Gasteiger partial charge in [-0.05, 0) is 49.7 Å². The minimum absolute atomic E-state index is 0.00497. The van der Waals surface area contributed by atoms with Crippen LogP contribution in [0, 0.1) is 13.8 Å². The number of aryl methyl sites for hydroxylation is 2. The molecule has 0 aliphatic rings. The Bertz CT molecular complexity index is 1590. The van der Waals surface area contributed by atoms with E-state index in [-0.39, 0.29) is 34.2 Å². The Morgan fingerprint density at radius 2 is 1.76 bits per heavy atom. The monoisotopic (exact) mass is 493 g/mol. The molecular weight excluding hydrogens is 475 g/mol. The Balaban J connectivity index is 1.79. The van der Waals surface area contributed by atoms with Crippen LogP contribution < -0.4 is 11.2 Å². The zero-order valence-corrected chi connectivity index (χ0v) is 19.3. The van der Waals surface area contributed by atoms with E-state index in [1.807, 2.05) is 0 Å². The Labute approximate surface area is 195 Å². The summed E-state index contributed by atoms with van der Waals surface area (Å²) in [7, 11) is 2.74. The normalized spacial score (nSPS) is 12.0. The van der Waals surface area contributed by atoms with Gasteiger partial charge in [0, 0.05) is 36.7 Å². The summed E-state index contributed by atoms with van der Waals surface area (Å²) in [6, 6.07) is 6.38. The van der Waals surface area contributed by atoms with Gasteiger partial charge in [-0.3, -0.25) is 18.7 Å². The van der Waals surface area contributed by atoms with E-state index in [0.29, 0.717) is 11.4 Å². The Hall–Kier alpha value is -3.60. The highest BCUT2D eigenvalue weighted by Gasteiger charge is 2.31. The van der Waals surface area contributed by atoms with Crippen LogP contribution in [0.5, 0.6) is 0 Å². The number of imidazole rings is 1. The summed E-state index contributed by atoms with van der Waals surface area (Å²) >= 11 is 6.20. The molecule has 0 fully saturated rings. The number of hydrogen-bond acceptors (Lipinski definition) is 4. The van der Waals surface area contributed by atoms with Crippen molar-refractivity contribution in [2.45, 2.75) is 26.6 Å². The summed E-state index contributed by atoms with van der Waals surface area (Å²) in [4.78, 5) is 42.1. The number of alkyl halides is 3. The molecule has 0 amide bonds. The number of nitrogens with zero attached hydrogens (tertiary/aromatic N) is 5. The first-order valence-electron chi connectivity index (χ1n) is 10.0. The van der Waals surface area contributed by atoms with Crippen molar-refractivity contribution in [3.8, 4) is 5.69 Å². The quantitative estimate of drug-likeness (QED) is 0.322. The van der Waals surface area contributed by atoms with Crippen molar-refractivity contribution in [2.24, 2.45) is 14.1 Å². The largest absolute Gasteiger partial charge is 0.416 e. The topological polar surface area (TPSA) is 83.8 Å². The molecule has 0 unspecified atom stereocenters. The number of benzene rings is 1. The first-order valence-corrected chi connectivity index (χ1v) is 10.4. The first kappa shape index (κ1) is 23.6. The molecule has 0 spiro atoms. The van der Waals surface area contributed by atoms with Crippen molar-refractivity contribution in [3.05, 3.63) is 79.0 Å². The molecule has 3 aromatic heterocycles. The molecule has 34 heavy (non-hydrogen) atoms. The number of Topliss-reactive ketones (excluding diaryl/α,β-unsaturated/α-hetero) is 1. The number of halogens is 4. The fraction of sp³-hybridized carbons (Fsp3) is 0.273. The maximum atomic E-state index is 13.2. The van der Waals surface area contributed by atoms with E-state index in [1.54, 1.807) is 24.5 Å². The number of rotatable bonds is 4. The molecule has 178 valence electrons. The maximum absolute atomic E-state index is 13.2. The molecule has 0 bridgehead atoms. The summed E-state index contributed by atoms with van der Waals surface area (Å²) in [6.45, 7) is 2.95. The molecule has 0 saturated heterocycles. The van der Waals surface area contributed by atoms with Crippen molar-refractivity contribution in [3.63, 3.8) is 0 Å². The summed E-state index contributed by atoms with van der Waals surface area (Å²) < 4.78 is 44.3. The number of fused-ring (bicyclic) bond motifs is 1. The van der Waals surface area contributed by atoms with E-state index >= 15 is 0 Å². The van der Waals surface area contributed by atoms with Crippen LogP contribution in [0.15, 0.2) is 39.9 Å². The van der Waals surface area contributed by atoms with Crippen molar-refractivity contribution < 1.29 is 18.0 Å². The van der Waals surface area contributed by atoms with Crippen LogP contribution >= 0.6 is 11.6 Å². The Morgan fingerprint density at radius 3 is 2.41 bits per heavy atom. The molecule has 8 nitrogen and oxygen atoms in total. The number of ketones is 1. The van der Waals surface area contributed by atoms with Crippen molar-refractivity contribution in [1.29, 1.82) is 0 Å². The minimum Gasteiger partial charge on any atom is -0.318 e. The van der Waals surface area contributed by atoms with Gasteiger partial charge in [-0.1, -0.05) is 6.07 Å². The van der Waals surface area contributed by atoms with Crippen LogP contribution in [0.4, 0.5) is 13.2 Å². The third kappa shape index (κ3) is 3.65. The molecule has 0 N–H and O–H groups in total. The highest BCUT2D eigenvalue weighted by molar-refractivity contribution is 6.29. The summed E-state index contributed by atoms with van der Waals surface area (Å²) in [5, 5.41) is -0.145. The van der Waals surface area contributed by atoms with Crippen LogP contribution in [-0.4, -0.2) is 29.0 Å². The molecule has 1 aromatic carbocycles. The second kappa shape index (κ2) is 8.01. The predicted molar refractivity (Wildman–Crippen MR) is 120 cm³/mol. The standard InChI is InChI=1S/C22H19ClF3N5O3/c1-11-8-15(12(2)31(11)14-7-5-6-13(9-14)22(24,25)26)16(32)10-30-17-18(27-20(30)23)28(3)21(34)29(4)19(17)33/h5-9H,10H2,1-4H3. The summed E-state index contributed by atoms with van der Waals surface area (Å²) in [5.41, 5.74) is -0.496. The lowest BCUT2D eigenvalue weighted by Crippen LogP contribution is -2.37. The lowest BCUT2D eigenvalue weighted by atomic mass is 10.1. The smallest absolute Gasteiger partial charge is 0.318 e. The number of hydrogen-bond donors (Lipinski definition) is 0. The van der Waals surface area contributed by atoms with Crippen LogP contribution in [0.1, 0.15) is 27.3 Å². The van der Waals surface area contributed by atoms with Crippen molar-refractivity contribution >= 4 is 28.5 Å². The molecule has 4 rings (SSSR count). The second-order valence-corrected chi connectivity index (χ2v) is 8.27. The molecule has 0 radical (unpaired) electrons. The number of carbonyl (C=O) groups excluding carboxylic acids is 1. The second-order valence-electron chi connectivity index (χ2n) is 7.94. The van der Waals surface area contributed by atoms with E-state index in [2.05, 4.69) is 4.98 Å². The van der Waals surface area contributed by atoms with E-state index in [0.717, 1.165) is 21.3 Å². The van der Waals surface area contributed by atoms with Gasteiger partial charge in [-0.15, -0.1) is 0 Å². The van der Waals surface area contributed by atoms with Gasteiger partial charge in [0.25, 0.3) is 5.56 Å². The van der Waals surface area contributed by atoms with Gasteiger partial charge in [0.15, 0.2) is 16.9 Å². The summed E-state index contributed by atoms with van der Waals surface area (Å²) in [6.07, 6.45) is -4.50. The highest BCUT2D eigenvalue weighted by atomic mass is 35.5. The average molecular weight is 494 g/mol. The molecule has 3 heterocycles. The number of aromatic nitrogens is 5. The van der Waals surface area contributed by atoms with Crippen molar-refractivity contribution in [2.75, 3.05) is 0 Å². The Morgan fingerprint density at radius 1 is 1.09 bits per heavy atom. The predicted octanol–water partition coefficient (Wildman–Crippen LogP) is 3.40. The molecule has 0 atom stereocenters. The molecule has 0 saturated carbocycles.